The number of benzene rings is 2. The van der Waals surface area contributed by atoms with Crippen molar-refractivity contribution in [1.82, 2.24) is 20.3 Å². The lowest BCUT2D eigenvalue weighted by atomic mass is 9.93. The van der Waals surface area contributed by atoms with Gasteiger partial charge in [0.05, 0.1) is 36.3 Å². The molecular formula is C29H27F4N5O4. The van der Waals surface area contributed by atoms with Crippen molar-refractivity contribution in [2.45, 2.75) is 43.9 Å². The van der Waals surface area contributed by atoms with Crippen molar-refractivity contribution in [1.29, 1.82) is 0 Å². The molecule has 0 unspecified atom stereocenters. The number of alkyl halides is 3. The van der Waals surface area contributed by atoms with Gasteiger partial charge >= 0.3 is 6.18 Å². The Morgan fingerprint density at radius 2 is 1.83 bits per heavy atom. The maximum atomic E-state index is 14.5. The first-order chi connectivity index (χ1) is 19.9. The fraction of sp³-hybridized carbons (Fsp3) is 0.310. The van der Waals surface area contributed by atoms with Crippen LogP contribution in [0.3, 0.4) is 0 Å². The molecule has 2 heterocycles. The molecule has 0 bridgehead atoms. The molecule has 220 valence electrons. The second-order valence-corrected chi connectivity index (χ2v) is 10.1. The smallest absolute Gasteiger partial charge is 0.424 e. The standard InChI is InChI=1S/C29H27F4N5O4/c1-2-42-25-18(13-23(34)39)12-22(38-24(25)15-5-8-19(30)9-6-15)28(41,29(31,32)33)14-35-27(40)17-7-10-20-21(11-17)37-26(36-20)16-3-4-16/h5-12,16,41H,2-4,13-14H2,1H3,(H2,34,39)(H,35,40)(H,36,37)/t28-/m0/s1. The zero-order valence-corrected chi connectivity index (χ0v) is 22.4. The van der Waals surface area contributed by atoms with E-state index in [2.05, 4.69) is 20.3 Å². The molecule has 1 aliphatic carbocycles. The Labute approximate surface area is 237 Å². The van der Waals surface area contributed by atoms with E-state index in [-0.39, 0.29) is 34.7 Å². The van der Waals surface area contributed by atoms with Gasteiger partial charge in [0.15, 0.2) is 0 Å². The fourth-order valence-corrected chi connectivity index (χ4v) is 4.59. The van der Waals surface area contributed by atoms with E-state index in [9.17, 15) is 32.3 Å². The number of ether oxygens (including phenoxy) is 1. The summed E-state index contributed by atoms with van der Waals surface area (Å²) in [5.41, 5.74) is 1.91. The third kappa shape index (κ3) is 5.77. The van der Waals surface area contributed by atoms with Crippen molar-refractivity contribution in [3.63, 3.8) is 0 Å². The van der Waals surface area contributed by atoms with Gasteiger partial charge in [-0.3, -0.25) is 9.59 Å². The van der Waals surface area contributed by atoms with E-state index in [0.717, 1.165) is 36.9 Å². The maximum Gasteiger partial charge on any atom is 0.424 e. The summed E-state index contributed by atoms with van der Waals surface area (Å²) in [6.45, 7) is 0.373. The number of aromatic nitrogens is 3. The van der Waals surface area contributed by atoms with Gasteiger partial charge in [0, 0.05) is 22.6 Å². The molecule has 2 amide bonds. The molecule has 5 N–H and O–H groups in total. The zero-order valence-electron chi connectivity index (χ0n) is 22.4. The summed E-state index contributed by atoms with van der Waals surface area (Å²) in [7, 11) is 0. The van der Waals surface area contributed by atoms with Crippen molar-refractivity contribution in [3.8, 4) is 17.0 Å². The number of fused-ring (bicyclic) bond motifs is 1. The number of halogens is 4. The van der Waals surface area contributed by atoms with Gasteiger partial charge in [-0.05, 0) is 68.3 Å². The summed E-state index contributed by atoms with van der Waals surface area (Å²) < 4.78 is 62.9. The van der Waals surface area contributed by atoms with Crippen LogP contribution in [0.15, 0.2) is 48.5 Å². The number of hydrogen-bond acceptors (Lipinski definition) is 6. The van der Waals surface area contributed by atoms with E-state index in [1.165, 1.54) is 24.3 Å². The Hall–Kier alpha value is -4.52. The monoisotopic (exact) mass is 585 g/mol. The summed E-state index contributed by atoms with van der Waals surface area (Å²) >= 11 is 0. The summed E-state index contributed by atoms with van der Waals surface area (Å²) in [5, 5.41) is 13.3. The number of amides is 2. The molecule has 1 aliphatic rings. The number of pyridine rings is 1. The topological polar surface area (TPSA) is 143 Å². The molecule has 5 rings (SSSR count). The van der Waals surface area contributed by atoms with Gasteiger partial charge in [0.25, 0.3) is 5.91 Å². The van der Waals surface area contributed by atoms with Crippen LogP contribution in [0.5, 0.6) is 5.75 Å². The molecule has 4 aromatic rings. The van der Waals surface area contributed by atoms with Gasteiger partial charge in [0.2, 0.25) is 11.5 Å². The highest BCUT2D eigenvalue weighted by Gasteiger charge is 2.56. The molecule has 0 aliphatic heterocycles. The molecule has 13 heteroatoms. The van der Waals surface area contributed by atoms with Crippen molar-refractivity contribution in [3.05, 3.63) is 77.0 Å². The zero-order chi connectivity index (χ0) is 30.2. The molecule has 9 nitrogen and oxygen atoms in total. The van der Waals surface area contributed by atoms with Gasteiger partial charge in [-0.15, -0.1) is 0 Å². The number of carbonyl (C=O) groups is 2. The normalized spacial score (nSPS) is 14.9. The second-order valence-electron chi connectivity index (χ2n) is 10.1. The highest BCUT2D eigenvalue weighted by molar-refractivity contribution is 5.97. The average Bonchev–Trinajstić information content (AvgIpc) is 3.70. The molecular weight excluding hydrogens is 558 g/mol. The Kier molecular flexibility index (Phi) is 7.62. The fourth-order valence-electron chi connectivity index (χ4n) is 4.59. The number of aromatic amines is 1. The highest BCUT2D eigenvalue weighted by atomic mass is 19.4. The quantitative estimate of drug-likeness (QED) is 0.205. The van der Waals surface area contributed by atoms with Crippen LogP contribution in [0.2, 0.25) is 0 Å². The molecule has 0 saturated heterocycles. The van der Waals surface area contributed by atoms with Crippen LogP contribution in [-0.2, 0) is 16.8 Å². The minimum atomic E-state index is -5.32. The van der Waals surface area contributed by atoms with E-state index in [1.54, 1.807) is 13.0 Å². The summed E-state index contributed by atoms with van der Waals surface area (Å²) in [6, 6.07) is 10.1. The third-order valence-electron chi connectivity index (χ3n) is 6.94. The first-order valence-corrected chi connectivity index (χ1v) is 13.2. The van der Waals surface area contributed by atoms with Crippen molar-refractivity contribution >= 4 is 22.8 Å². The lowest BCUT2D eigenvalue weighted by Crippen LogP contribution is -2.51. The van der Waals surface area contributed by atoms with Gasteiger partial charge in [-0.2, -0.15) is 13.2 Å². The Morgan fingerprint density at radius 3 is 2.45 bits per heavy atom. The van der Waals surface area contributed by atoms with Gasteiger partial charge in [-0.1, -0.05) is 0 Å². The summed E-state index contributed by atoms with van der Waals surface area (Å²) in [4.78, 5) is 36.5. The number of nitrogens with two attached hydrogens (primary N) is 1. The molecule has 0 radical (unpaired) electrons. The third-order valence-corrected chi connectivity index (χ3v) is 6.94. The Morgan fingerprint density at radius 1 is 1.12 bits per heavy atom. The van der Waals surface area contributed by atoms with Crippen LogP contribution >= 0.6 is 0 Å². The van der Waals surface area contributed by atoms with Crippen LogP contribution < -0.4 is 15.8 Å². The number of nitrogens with zero attached hydrogens (tertiary/aromatic N) is 2. The van der Waals surface area contributed by atoms with Crippen molar-refractivity contribution < 1.29 is 37.0 Å². The lowest BCUT2D eigenvalue weighted by Gasteiger charge is -2.31. The summed E-state index contributed by atoms with van der Waals surface area (Å²) in [5.74, 6) is -1.27. The van der Waals surface area contributed by atoms with E-state index >= 15 is 0 Å². The molecule has 0 spiro atoms. The second kappa shape index (κ2) is 11.0. The molecule has 1 atom stereocenters. The molecule has 1 saturated carbocycles. The van der Waals surface area contributed by atoms with E-state index < -0.39 is 48.1 Å². The first kappa shape index (κ1) is 29.0. The largest absolute Gasteiger partial charge is 0.491 e. The van der Waals surface area contributed by atoms with Crippen LogP contribution in [0, 0.1) is 5.82 Å². The number of imidazole rings is 1. The van der Waals surface area contributed by atoms with Gasteiger partial charge in [0.1, 0.15) is 23.1 Å². The van der Waals surface area contributed by atoms with Crippen LogP contribution in [0.1, 0.15) is 53.1 Å². The minimum Gasteiger partial charge on any atom is -0.491 e. The number of carbonyl (C=O) groups excluding carboxylic acids is 2. The van der Waals surface area contributed by atoms with Crippen LogP contribution in [-0.4, -0.2) is 51.2 Å². The number of H-pyrrole nitrogens is 1. The predicted molar refractivity (Wildman–Crippen MR) is 144 cm³/mol. The number of nitrogens with one attached hydrogen (secondary N) is 2. The van der Waals surface area contributed by atoms with Gasteiger partial charge < -0.3 is 25.9 Å². The van der Waals surface area contributed by atoms with Crippen LogP contribution in [0.4, 0.5) is 17.6 Å². The number of aliphatic hydroxyl groups is 1. The average molecular weight is 586 g/mol. The molecule has 42 heavy (non-hydrogen) atoms. The van der Waals surface area contributed by atoms with E-state index in [4.69, 9.17) is 10.5 Å². The number of primary amides is 1. The predicted octanol–water partition coefficient (Wildman–Crippen LogP) is 4.25. The van der Waals surface area contributed by atoms with E-state index in [0.29, 0.717) is 17.0 Å². The highest BCUT2D eigenvalue weighted by Crippen LogP contribution is 2.42. The lowest BCUT2D eigenvalue weighted by molar-refractivity contribution is -0.265. The van der Waals surface area contributed by atoms with Crippen molar-refractivity contribution in [2.75, 3.05) is 13.2 Å². The molecule has 2 aromatic carbocycles. The number of hydrogen-bond donors (Lipinski definition) is 4. The Bertz CT molecular complexity index is 1650. The minimum absolute atomic E-state index is 0.0429. The van der Waals surface area contributed by atoms with E-state index in [1.807, 2.05) is 0 Å². The molecule has 2 aromatic heterocycles. The molecule has 1 fully saturated rings. The van der Waals surface area contributed by atoms with Crippen molar-refractivity contribution in [2.24, 2.45) is 5.73 Å². The first-order valence-electron chi connectivity index (χ1n) is 13.2. The number of rotatable bonds is 10. The SMILES string of the molecule is CCOc1c(CC(N)=O)cc([C@@](O)(CNC(=O)c2ccc3nc(C4CC4)[nH]c3c2)C(F)(F)F)nc1-c1ccc(F)cc1. The van der Waals surface area contributed by atoms with Gasteiger partial charge in [-0.25, -0.2) is 14.4 Å². The maximum absolute atomic E-state index is 14.5. The Balaban J connectivity index is 1.52. The summed E-state index contributed by atoms with van der Waals surface area (Å²) in [6.07, 6.45) is -3.84. The van der Waals surface area contributed by atoms with Crippen LogP contribution in [0.25, 0.3) is 22.3 Å².